The number of nitrogens with zero attached hydrogens (tertiary/aromatic N) is 2. The van der Waals surface area contributed by atoms with E-state index in [0.29, 0.717) is 29.6 Å². The molecule has 3 heterocycles. The largest absolute Gasteiger partial charge is 0.448 e. The number of rotatable bonds is 6. The molecule has 1 saturated heterocycles. The SMILES string of the molecule is O=C(CSc1ccc(S(=O)(=O)N2CCCC2)cn1)Nc1ccc2c(c1)OC1(CCCCC1)O2. The fraction of sp³-hybridized carbons (Fsp3) is 0.478. The van der Waals surface area contributed by atoms with Crippen molar-refractivity contribution in [3.05, 3.63) is 36.5 Å². The number of amides is 1. The van der Waals surface area contributed by atoms with E-state index in [1.807, 2.05) is 12.1 Å². The van der Waals surface area contributed by atoms with Crippen LogP contribution in [0.15, 0.2) is 46.5 Å². The first-order valence-corrected chi connectivity index (χ1v) is 13.8. The lowest BCUT2D eigenvalue weighted by Gasteiger charge is -2.31. The van der Waals surface area contributed by atoms with E-state index >= 15 is 0 Å². The lowest BCUT2D eigenvalue weighted by atomic mass is 9.94. The van der Waals surface area contributed by atoms with Crippen molar-refractivity contribution in [3.63, 3.8) is 0 Å². The highest BCUT2D eigenvalue weighted by Gasteiger charge is 2.42. The minimum absolute atomic E-state index is 0.156. The van der Waals surface area contributed by atoms with E-state index in [1.54, 1.807) is 18.2 Å². The van der Waals surface area contributed by atoms with E-state index in [0.717, 1.165) is 44.3 Å². The van der Waals surface area contributed by atoms with Crippen LogP contribution < -0.4 is 14.8 Å². The van der Waals surface area contributed by atoms with Gasteiger partial charge in [-0.15, -0.1) is 0 Å². The molecule has 176 valence electrons. The molecule has 0 bridgehead atoms. The Bertz CT molecular complexity index is 1130. The normalized spacial score (nSPS) is 19.6. The van der Waals surface area contributed by atoms with Crippen LogP contribution in [0.1, 0.15) is 44.9 Å². The fourth-order valence-corrected chi connectivity index (χ4v) is 6.59. The van der Waals surface area contributed by atoms with Crippen LogP contribution in [0.2, 0.25) is 0 Å². The second-order valence-electron chi connectivity index (χ2n) is 8.62. The number of thioether (sulfide) groups is 1. The zero-order valence-corrected chi connectivity index (χ0v) is 19.9. The maximum atomic E-state index is 12.6. The van der Waals surface area contributed by atoms with Gasteiger partial charge in [0.25, 0.3) is 5.79 Å². The third-order valence-electron chi connectivity index (χ3n) is 6.20. The Balaban J connectivity index is 1.15. The van der Waals surface area contributed by atoms with Crippen molar-refractivity contribution in [2.75, 3.05) is 24.2 Å². The molecule has 1 saturated carbocycles. The van der Waals surface area contributed by atoms with Gasteiger partial charge in [-0.3, -0.25) is 4.79 Å². The monoisotopic (exact) mass is 489 g/mol. The van der Waals surface area contributed by atoms with Crippen LogP contribution in [0.5, 0.6) is 11.5 Å². The number of benzene rings is 1. The van der Waals surface area contributed by atoms with Crippen molar-refractivity contribution in [1.29, 1.82) is 0 Å². The molecule has 1 N–H and O–H groups in total. The maximum Gasteiger partial charge on any atom is 0.251 e. The lowest BCUT2D eigenvalue weighted by Crippen LogP contribution is -2.40. The first-order valence-electron chi connectivity index (χ1n) is 11.3. The number of sulfonamides is 1. The van der Waals surface area contributed by atoms with Crippen molar-refractivity contribution >= 4 is 33.4 Å². The molecule has 0 atom stereocenters. The summed E-state index contributed by atoms with van der Waals surface area (Å²) >= 11 is 1.25. The van der Waals surface area contributed by atoms with Gasteiger partial charge in [0.2, 0.25) is 15.9 Å². The second kappa shape index (κ2) is 9.15. The third kappa shape index (κ3) is 4.83. The molecular weight excluding hydrogens is 462 g/mol. The summed E-state index contributed by atoms with van der Waals surface area (Å²) in [5.41, 5.74) is 0.649. The average Bonchev–Trinajstić information content (AvgIpc) is 3.47. The van der Waals surface area contributed by atoms with Gasteiger partial charge in [0.1, 0.15) is 4.90 Å². The van der Waals surface area contributed by atoms with Gasteiger partial charge in [-0.2, -0.15) is 4.31 Å². The minimum atomic E-state index is -3.48. The number of carbonyl (C=O) groups excluding carboxylic acids is 1. The summed E-state index contributed by atoms with van der Waals surface area (Å²) in [7, 11) is -3.48. The summed E-state index contributed by atoms with van der Waals surface area (Å²) < 4.78 is 38.9. The summed E-state index contributed by atoms with van der Waals surface area (Å²) in [6.45, 7) is 1.11. The van der Waals surface area contributed by atoms with E-state index < -0.39 is 15.8 Å². The van der Waals surface area contributed by atoms with E-state index in [-0.39, 0.29) is 16.6 Å². The average molecular weight is 490 g/mol. The number of hydrogen-bond donors (Lipinski definition) is 1. The number of anilines is 1. The maximum absolute atomic E-state index is 12.6. The van der Waals surface area contributed by atoms with E-state index in [4.69, 9.17) is 9.47 Å². The molecule has 0 unspecified atom stereocenters. The molecule has 0 radical (unpaired) electrons. The van der Waals surface area contributed by atoms with Crippen molar-refractivity contribution in [1.82, 2.24) is 9.29 Å². The molecule has 1 aliphatic carbocycles. The molecule has 1 spiro atoms. The second-order valence-corrected chi connectivity index (χ2v) is 11.6. The van der Waals surface area contributed by atoms with Crippen molar-refractivity contribution < 1.29 is 22.7 Å². The molecule has 2 fully saturated rings. The highest BCUT2D eigenvalue weighted by atomic mass is 32.2. The van der Waals surface area contributed by atoms with Crippen molar-refractivity contribution in [3.8, 4) is 11.5 Å². The number of aromatic nitrogens is 1. The minimum Gasteiger partial charge on any atom is -0.448 e. The Morgan fingerprint density at radius 3 is 2.52 bits per heavy atom. The van der Waals surface area contributed by atoms with Gasteiger partial charge in [-0.05, 0) is 49.9 Å². The van der Waals surface area contributed by atoms with Gasteiger partial charge in [-0.25, -0.2) is 13.4 Å². The van der Waals surface area contributed by atoms with Crippen LogP contribution in [0.4, 0.5) is 5.69 Å². The molecule has 2 aromatic rings. The van der Waals surface area contributed by atoms with Crippen LogP contribution in [0.3, 0.4) is 0 Å². The summed E-state index contributed by atoms with van der Waals surface area (Å²) in [6, 6.07) is 8.65. The van der Waals surface area contributed by atoms with Gasteiger partial charge in [-0.1, -0.05) is 18.2 Å². The van der Waals surface area contributed by atoms with Crippen LogP contribution in [-0.4, -0.2) is 48.2 Å². The van der Waals surface area contributed by atoms with Crippen LogP contribution >= 0.6 is 11.8 Å². The Morgan fingerprint density at radius 2 is 1.79 bits per heavy atom. The van der Waals surface area contributed by atoms with Gasteiger partial charge in [0, 0.05) is 43.9 Å². The van der Waals surface area contributed by atoms with E-state index in [9.17, 15) is 13.2 Å². The Kier molecular flexibility index (Phi) is 6.24. The van der Waals surface area contributed by atoms with Crippen molar-refractivity contribution in [2.24, 2.45) is 0 Å². The molecule has 10 heteroatoms. The van der Waals surface area contributed by atoms with Crippen molar-refractivity contribution in [2.45, 2.75) is 60.7 Å². The number of fused-ring (bicyclic) bond motifs is 1. The zero-order valence-electron chi connectivity index (χ0n) is 18.3. The molecule has 3 aliphatic rings. The summed E-state index contributed by atoms with van der Waals surface area (Å²) in [5, 5.41) is 3.47. The van der Waals surface area contributed by atoms with E-state index in [1.165, 1.54) is 28.7 Å². The molecular formula is C23H27N3O5S2. The molecule has 5 rings (SSSR count). The summed E-state index contributed by atoms with van der Waals surface area (Å²) in [5.74, 6) is 0.820. The predicted octanol–water partition coefficient (Wildman–Crippen LogP) is 4.03. The quantitative estimate of drug-likeness (QED) is 0.612. The number of ether oxygens (including phenoxy) is 2. The van der Waals surface area contributed by atoms with Gasteiger partial charge in [0.05, 0.1) is 10.8 Å². The standard InChI is InChI=1S/C23H27N3O5S2/c27-21(16-32-22-9-7-18(15-24-22)33(28,29)26-12-4-5-13-26)25-17-6-8-19-20(14-17)31-23(30-19)10-2-1-3-11-23/h6-9,14-15H,1-5,10-13,16H2,(H,25,27). The first kappa shape index (κ1) is 22.5. The van der Waals surface area contributed by atoms with E-state index in [2.05, 4.69) is 10.3 Å². The number of carbonyl (C=O) groups is 1. The molecule has 8 nitrogen and oxygen atoms in total. The van der Waals surface area contributed by atoms with Crippen LogP contribution in [0.25, 0.3) is 0 Å². The predicted molar refractivity (Wildman–Crippen MR) is 125 cm³/mol. The summed E-state index contributed by atoms with van der Waals surface area (Å²) in [4.78, 5) is 16.9. The summed E-state index contributed by atoms with van der Waals surface area (Å²) in [6.07, 6.45) is 8.29. The topological polar surface area (TPSA) is 97.8 Å². The Labute approximate surface area is 198 Å². The Hall–Kier alpha value is -2.30. The Morgan fingerprint density at radius 1 is 1.03 bits per heavy atom. The smallest absolute Gasteiger partial charge is 0.251 e. The fourth-order valence-electron chi connectivity index (χ4n) is 4.48. The van der Waals surface area contributed by atoms with Gasteiger partial charge < -0.3 is 14.8 Å². The zero-order chi connectivity index (χ0) is 22.9. The van der Waals surface area contributed by atoms with Gasteiger partial charge in [0.15, 0.2) is 11.5 Å². The number of hydrogen-bond acceptors (Lipinski definition) is 7. The number of nitrogens with one attached hydrogen (secondary N) is 1. The lowest BCUT2D eigenvalue weighted by molar-refractivity contribution is -0.113. The molecule has 2 aliphatic heterocycles. The molecule has 1 aromatic carbocycles. The third-order valence-corrected chi connectivity index (χ3v) is 9.02. The highest BCUT2D eigenvalue weighted by molar-refractivity contribution is 7.99. The first-order chi connectivity index (χ1) is 15.9. The van der Waals surface area contributed by atoms with Crippen LogP contribution in [-0.2, 0) is 14.8 Å². The molecule has 33 heavy (non-hydrogen) atoms. The molecule has 1 amide bonds. The number of pyridine rings is 1. The molecule has 1 aromatic heterocycles. The van der Waals surface area contributed by atoms with Crippen LogP contribution in [0, 0.1) is 0 Å². The highest BCUT2D eigenvalue weighted by Crippen LogP contribution is 2.46. The van der Waals surface area contributed by atoms with Gasteiger partial charge >= 0.3 is 0 Å².